The van der Waals surface area contributed by atoms with Crippen molar-refractivity contribution in [1.29, 1.82) is 0 Å². The van der Waals surface area contributed by atoms with Crippen molar-refractivity contribution in [3.05, 3.63) is 125 Å². The number of benzene rings is 5. The van der Waals surface area contributed by atoms with Gasteiger partial charge in [-0.1, -0.05) is 66.2 Å². The van der Waals surface area contributed by atoms with Crippen molar-refractivity contribution >= 4 is 45.1 Å². The fourth-order valence-electron chi connectivity index (χ4n) is 4.22. The number of rotatable bonds is 6. The fraction of sp³-hybridized carbons (Fsp3) is 0.0323. The zero-order valence-corrected chi connectivity index (χ0v) is 20.4. The molecule has 0 fully saturated rings. The van der Waals surface area contributed by atoms with Crippen molar-refractivity contribution in [2.45, 2.75) is 6.61 Å². The SMILES string of the molecule is O=C(Nc1ccc2oc(-c3cccc4c(Cl)cccc34)nc2c1)c1ccc(COc2ccccc2)cc1. The topological polar surface area (TPSA) is 64.4 Å². The van der Waals surface area contributed by atoms with E-state index in [1.165, 1.54) is 0 Å². The number of anilines is 1. The average molecular weight is 505 g/mol. The Morgan fingerprint density at radius 1 is 0.838 bits per heavy atom. The van der Waals surface area contributed by atoms with Gasteiger partial charge >= 0.3 is 0 Å². The van der Waals surface area contributed by atoms with Crippen molar-refractivity contribution in [3.8, 4) is 17.2 Å². The van der Waals surface area contributed by atoms with Crippen LogP contribution in [-0.4, -0.2) is 10.9 Å². The van der Waals surface area contributed by atoms with Gasteiger partial charge in [0.25, 0.3) is 5.91 Å². The van der Waals surface area contributed by atoms with Gasteiger partial charge in [-0.25, -0.2) is 4.98 Å². The Morgan fingerprint density at radius 3 is 2.46 bits per heavy atom. The summed E-state index contributed by atoms with van der Waals surface area (Å²) in [5.41, 5.74) is 4.31. The number of hydrogen-bond acceptors (Lipinski definition) is 4. The monoisotopic (exact) mass is 504 g/mol. The van der Waals surface area contributed by atoms with E-state index < -0.39 is 0 Å². The van der Waals surface area contributed by atoms with Gasteiger partial charge in [-0.05, 0) is 65.5 Å². The first kappa shape index (κ1) is 22.8. The highest BCUT2D eigenvalue weighted by Gasteiger charge is 2.14. The molecule has 0 aliphatic heterocycles. The standard InChI is InChI=1S/C31H21ClN2O3/c32-27-11-5-8-24-25(27)9-4-10-26(24)31-34-28-18-22(16-17-29(28)37-31)33-30(35)21-14-12-20(13-15-21)19-36-23-6-2-1-3-7-23/h1-18H,19H2,(H,33,35). The van der Waals surface area contributed by atoms with E-state index in [4.69, 9.17) is 20.8 Å². The first-order chi connectivity index (χ1) is 18.1. The highest BCUT2D eigenvalue weighted by atomic mass is 35.5. The third kappa shape index (κ3) is 4.77. The van der Waals surface area contributed by atoms with Gasteiger partial charge < -0.3 is 14.5 Å². The smallest absolute Gasteiger partial charge is 0.255 e. The molecule has 1 N–H and O–H groups in total. The van der Waals surface area contributed by atoms with Gasteiger partial charge in [0.15, 0.2) is 5.58 Å². The number of oxazole rings is 1. The van der Waals surface area contributed by atoms with Crippen LogP contribution >= 0.6 is 11.6 Å². The molecule has 1 aromatic heterocycles. The summed E-state index contributed by atoms with van der Waals surface area (Å²) in [5.74, 6) is 1.10. The van der Waals surface area contributed by atoms with Crippen molar-refractivity contribution in [1.82, 2.24) is 4.98 Å². The van der Waals surface area contributed by atoms with Gasteiger partial charge in [-0.15, -0.1) is 0 Å². The number of para-hydroxylation sites is 1. The average Bonchev–Trinajstić information content (AvgIpc) is 3.36. The van der Waals surface area contributed by atoms with E-state index in [9.17, 15) is 4.79 Å². The Bertz CT molecular complexity index is 1730. The molecule has 1 heterocycles. The quantitative estimate of drug-likeness (QED) is 0.248. The molecule has 180 valence electrons. The second kappa shape index (κ2) is 9.80. The number of carbonyl (C=O) groups is 1. The van der Waals surface area contributed by atoms with E-state index in [1.54, 1.807) is 24.3 Å². The van der Waals surface area contributed by atoms with Crippen molar-refractivity contribution in [2.75, 3.05) is 5.32 Å². The summed E-state index contributed by atoms with van der Waals surface area (Å²) in [6.45, 7) is 0.431. The lowest BCUT2D eigenvalue weighted by Gasteiger charge is -2.08. The van der Waals surface area contributed by atoms with Crippen LogP contribution in [0.25, 0.3) is 33.3 Å². The largest absolute Gasteiger partial charge is 0.489 e. The Hall–Kier alpha value is -4.61. The third-order valence-corrected chi connectivity index (χ3v) is 6.44. The zero-order valence-electron chi connectivity index (χ0n) is 19.6. The summed E-state index contributed by atoms with van der Waals surface area (Å²) in [5, 5.41) is 5.53. The number of ether oxygens (including phenoxy) is 1. The molecule has 0 spiro atoms. The van der Waals surface area contributed by atoms with E-state index in [0.717, 1.165) is 27.6 Å². The fourth-order valence-corrected chi connectivity index (χ4v) is 4.46. The van der Waals surface area contributed by atoms with Crippen LogP contribution in [0.4, 0.5) is 5.69 Å². The number of aromatic nitrogens is 1. The minimum Gasteiger partial charge on any atom is -0.489 e. The van der Waals surface area contributed by atoms with Crippen LogP contribution in [-0.2, 0) is 6.61 Å². The van der Waals surface area contributed by atoms with Gasteiger partial charge in [0.05, 0.1) is 0 Å². The minimum absolute atomic E-state index is 0.206. The molecule has 6 heteroatoms. The molecule has 1 amide bonds. The van der Waals surface area contributed by atoms with E-state index >= 15 is 0 Å². The molecule has 5 aromatic carbocycles. The molecule has 0 aliphatic rings. The molecule has 0 bridgehead atoms. The molecule has 37 heavy (non-hydrogen) atoms. The highest BCUT2D eigenvalue weighted by Crippen LogP contribution is 2.34. The summed E-state index contributed by atoms with van der Waals surface area (Å²) in [7, 11) is 0. The van der Waals surface area contributed by atoms with Crippen LogP contribution in [0, 0.1) is 0 Å². The second-order valence-corrected chi connectivity index (χ2v) is 9.00. The summed E-state index contributed by atoms with van der Waals surface area (Å²) < 4.78 is 11.8. The van der Waals surface area contributed by atoms with Gasteiger partial charge in [0, 0.05) is 27.2 Å². The minimum atomic E-state index is -0.206. The summed E-state index contributed by atoms with van der Waals surface area (Å²) in [6.07, 6.45) is 0. The van der Waals surface area contributed by atoms with Crippen molar-refractivity contribution in [2.24, 2.45) is 0 Å². The lowest BCUT2D eigenvalue weighted by molar-refractivity contribution is 0.102. The van der Waals surface area contributed by atoms with E-state index in [2.05, 4.69) is 10.3 Å². The van der Waals surface area contributed by atoms with Crippen molar-refractivity contribution in [3.63, 3.8) is 0 Å². The van der Waals surface area contributed by atoms with Crippen LogP contribution < -0.4 is 10.1 Å². The molecule has 0 saturated heterocycles. The molecule has 0 atom stereocenters. The van der Waals surface area contributed by atoms with E-state index in [1.807, 2.05) is 84.9 Å². The number of fused-ring (bicyclic) bond motifs is 2. The van der Waals surface area contributed by atoms with Crippen LogP contribution in [0.5, 0.6) is 5.75 Å². The maximum atomic E-state index is 12.8. The molecule has 6 aromatic rings. The van der Waals surface area contributed by atoms with Crippen LogP contribution in [0.3, 0.4) is 0 Å². The highest BCUT2D eigenvalue weighted by molar-refractivity contribution is 6.35. The van der Waals surface area contributed by atoms with E-state index in [-0.39, 0.29) is 5.91 Å². The summed E-state index contributed by atoms with van der Waals surface area (Å²) in [4.78, 5) is 17.5. The lowest BCUT2D eigenvalue weighted by Crippen LogP contribution is -2.11. The number of hydrogen-bond donors (Lipinski definition) is 1. The normalized spacial score (nSPS) is 11.1. The maximum absolute atomic E-state index is 12.8. The Labute approximate surface area is 218 Å². The van der Waals surface area contributed by atoms with Crippen LogP contribution in [0.1, 0.15) is 15.9 Å². The number of nitrogens with one attached hydrogen (secondary N) is 1. The Morgan fingerprint density at radius 2 is 1.62 bits per heavy atom. The molecule has 0 aliphatic carbocycles. The zero-order chi connectivity index (χ0) is 25.2. The predicted molar refractivity (Wildman–Crippen MR) is 147 cm³/mol. The van der Waals surface area contributed by atoms with Gasteiger partial charge in [-0.3, -0.25) is 4.79 Å². The molecular weight excluding hydrogens is 484 g/mol. The number of halogens is 1. The third-order valence-electron chi connectivity index (χ3n) is 6.11. The molecule has 5 nitrogen and oxygen atoms in total. The van der Waals surface area contributed by atoms with Gasteiger partial charge in [0.2, 0.25) is 5.89 Å². The summed E-state index contributed by atoms with van der Waals surface area (Å²) in [6, 6.07) is 34.0. The molecule has 0 saturated carbocycles. The lowest BCUT2D eigenvalue weighted by atomic mass is 10.0. The number of amides is 1. The summed E-state index contributed by atoms with van der Waals surface area (Å²) >= 11 is 6.37. The van der Waals surface area contributed by atoms with Gasteiger partial charge in [0.1, 0.15) is 17.9 Å². The Kier molecular flexibility index (Phi) is 6.05. The molecule has 0 radical (unpaired) electrons. The first-order valence-electron chi connectivity index (χ1n) is 11.8. The molecular formula is C31H21ClN2O3. The second-order valence-electron chi connectivity index (χ2n) is 8.59. The predicted octanol–water partition coefficient (Wildman–Crippen LogP) is 8.13. The number of nitrogens with zero attached hydrogens (tertiary/aromatic N) is 1. The van der Waals surface area contributed by atoms with Gasteiger partial charge in [-0.2, -0.15) is 0 Å². The van der Waals surface area contributed by atoms with E-state index in [0.29, 0.717) is 39.9 Å². The molecule has 6 rings (SSSR count). The molecule has 0 unspecified atom stereocenters. The van der Waals surface area contributed by atoms with Crippen LogP contribution in [0.2, 0.25) is 5.02 Å². The van der Waals surface area contributed by atoms with Crippen LogP contribution in [0.15, 0.2) is 114 Å². The maximum Gasteiger partial charge on any atom is 0.255 e. The Balaban J connectivity index is 1.18. The van der Waals surface area contributed by atoms with Crippen molar-refractivity contribution < 1.29 is 13.9 Å². The number of carbonyl (C=O) groups excluding carboxylic acids is 1. The first-order valence-corrected chi connectivity index (χ1v) is 12.2.